The molecule has 0 N–H and O–H groups in total. The smallest absolute Gasteiger partial charge is 0.333 e. The van der Waals surface area contributed by atoms with Crippen LogP contribution in [0.3, 0.4) is 0 Å². The molecule has 0 aromatic carbocycles. The Balaban J connectivity index is 2.14. The predicted molar refractivity (Wildman–Crippen MR) is 68.1 cm³/mol. The molecule has 1 fully saturated rings. The van der Waals surface area contributed by atoms with Crippen molar-refractivity contribution in [1.29, 1.82) is 0 Å². The molecule has 106 valence electrons. The van der Waals surface area contributed by atoms with E-state index in [0.29, 0.717) is 12.3 Å². The number of ether oxygens (including phenoxy) is 2. The summed E-state index contributed by atoms with van der Waals surface area (Å²) >= 11 is 0. The van der Waals surface area contributed by atoms with Crippen molar-refractivity contribution >= 4 is 17.9 Å². The fourth-order valence-electron chi connectivity index (χ4n) is 2.02. The number of carbonyl (C=O) groups is 3. The summed E-state index contributed by atoms with van der Waals surface area (Å²) in [5.74, 6) is -1.34. The quantitative estimate of drug-likeness (QED) is 0.419. The second-order valence-corrected chi connectivity index (χ2v) is 4.87. The Morgan fingerprint density at radius 2 is 1.79 bits per heavy atom. The SMILES string of the molecule is C=C(C)C(=O)OCCC(=O)OC(=O)CC1CCCC1. The van der Waals surface area contributed by atoms with E-state index in [0.717, 1.165) is 25.7 Å². The number of rotatable bonds is 6. The maximum atomic E-state index is 11.4. The molecule has 0 aromatic heterocycles. The first kappa shape index (κ1) is 15.4. The van der Waals surface area contributed by atoms with Gasteiger partial charge in [-0.3, -0.25) is 9.59 Å². The molecule has 0 aliphatic heterocycles. The van der Waals surface area contributed by atoms with Crippen molar-refractivity contribution in [2.45, 2.75) is 45.4 Å². The minimum atomic E-state index is -0.655. The van der Waals surface area contributed by atoms with E-state index >= 15 is 0 Å². The van der Waals surface area contributed by atoms with Gasteiger partial charge in [0.15, 0.2) is 0 Å². The van der Waals surface area contributed by atoms with Crippen molar-refractivity contribution in [1.82, 2.24) is 0 Å². The average molecular weight is 268 g/mol. The van der Waals surface area contributed by atoms with Crippen LogP contribution in [0, 0.1) is 5.92 Å². The number of hydrogen-bond donors (Lipinski definition) is 0. The predicted octanol–water partition coefficient (Wildman–Crippen LogP) is 2.15. The Bertz CT molecular complexity index is 366. The van der Waals surface area contributed by atoms with E-state index in [-0.39, 0.29) is 18.6 Å². The maximum absolute atomic E-state index is 11.4. The molecule has 0 unspecified atom stereocenters. The highest BCUT2D eigenvalue weighted by molar-refractivity contribution is 5.88. The van der Waals surface area contributed by atoms with Gasteiger partial charge in [-0.15, -0.1) is 0 Å². The standard InChI is InChI=1S/C14H20O5/c1-10(2)14(17)18-8-7-12(15)19-13(16)9-11-5-3-4-6-11/h11H,1,3-9H2,2H3. The van der Waals surface area contributed by atoms with Gasteiger partial charge in [-0.25, -0.2) is 4.79 Å². The zero-order valence-corrected chi connectivity index (χ0v) is 11.3. The van der Waals surface area contributed by atoms with E-state index in [1.54, 1.807) is 0 Å². The van der Waals surface area contributed by atoms with E-state index in [1.807, 2.05) is 0 Å². The first-order valence-corrected chi connectivity index (χ1v) is 6.55. The topological polar surface area (TPSA) is 69.7 Å². The molecule has 0 amide bonds. The van der Waals surface area contributed by atoms with Crippen molar-refractivity contribution in [2.75, 3.05) is 6.61 Å². The molecule has 0 spiro atoms. The van der Waals surface area contributed by atoms with Gasteiger partial charge in [0, 0.05) is 12.0 Å². The molecule has 1 aliphatic carbocycles. The summed E-state index contributed by atoms with van der Waals surface area (Å²) in [4.78, 5) is 33.8. The summed E-state index contributed by atoms with van der Waals surface area (Å²) in [6.45, 7) is 4.84. The third-order valence-corrected chi connectivity index (χ3v) is 3.05. The van der Waals surface area contributed by atoms with Crippen LogP contribution in [0.15, 0.2) is 12.2 Å². The summed E-state index contributed by atoms with van der Waals surface area (Å²) in [6, 6.07) is 0. The number of esters is 3. The maximum Gasteiger partial charge on any atom is 0.333 e. The van der Waals surface area contributed by atoms with Crippen LogP contribution in [-0.2, 0) is 23.9 Å². The van der Waals surface area contributed by atoms with Crippen LogP contribution in [0.1, 0.15) is 45.4 Å². The summed E-state index contributed by atoms with van der Waals surface area (Å²) in [6.07, 6.45) is 4.53. The Morgan fingerprint density at radius 1 is 1.16 bits per heavy atom. The Kier molecular flexibility index (Phi) is 6.25. The fraction of sp³-hybridized carbons (Fsp3) is 0.643. The molecular formula is C14H20O5. The lowest BCUT2D eigenvalue weighted by Gasteiger charge is -2.08. The highest BCUT2D eigenvalue weighted by atomic mass is 16.6. The molecule has 1 saturated carbocycles. The van der Waals surface area contributed by atoms with Gasteiger partial charge in [0.25, 0.3) is 0 Å². The first-order chi connectivity index (χ1) is 8.99. The zero-order chi connectivity index (χ0) is 14.3. The summed E-state index contributed by atoms with van der Waals surface area (Å²) in [5.41, 5.74) is 0.269. The van der Waals surface area contributed by atoms with Crippen molar-refractivity contribution < 1.29 is 23.9 Å². The van der Waals surface area contributed by atoms with Gasteiger partial charge in [-0.2, -0.15) is 0 Å². The highest BCUT2D eigenvalue weighted by Crippen LogP contribution is 2.27. The first-order valence-electron chi connectivity index (χ1n) is 6.55. The van der Waals surface area contributed by atoms with Crippen LogP contribution in [0.25, 0.3) is 0 Å². The highest BCUT2D eigenvalue weighted by Gasteiger charge is 2.21. The van der Waals surface area contributed by atoms with Crippen molar-refractivity contribution in [3.05, 3.63) is 12.2 Å². The van der Waals surface area contributed by atoms with Gasteiger partial charge in [-0.05, 0) is 25.7 Å². The van der Waals surface area contributed by atoms with Gasteiger partial charge < -0.3 is 9.47 Å². The second kappa shape index (κ2) is 7.71. The number of hydrogen-bond acceptors (Lipinski definition) is 5. The summed E-state index contributed by atoms with van der Waals surface area (Å²) in [5, 5.41) is 0. The minimum Gasteiger partial charge on any atom is -0.462 e. The second-order valence-electron chi connectivity index (χ2n) is 4.87. The van der Waals surface area contributed by atoms with E-state index < -0.39 is 17.9 Å². The molecule has 1 aliphatic rings. The lowest BCUT2D eigenvalue weighted by molar-refractivity contribution is -0.161. The Hall–Kier alpha value is -1.65. The normalized spacial score (nSPS) is 15.0. The molecule has 0 aromatic rings. The van der Waals surface area contributed by atoms with Crippen LogP contribution in [0.2, 0.25) is 0 Å². The summed E-state index contributed by atoms with van der Waals surface area (Å²) in [7, 11) is 0. The minimum absolute atomic E-state index is 0.0960. The van der Waals surface area contributed by atoms with Gasteiger partial charge in [0.05, 0.1) is 6.42 Å². The van der Waals surface area contributed by atoms with Gasteiger partial charge in [0.1, 0.15) is 6.61 Å². The molecular weight excluding hydrogens is 248 g/mol. The largest absolute Gasteiger partial charge is 0.462 e. The van der Waals surface area contributed by atoms with Crippen LogP contribution < -0.4 is 0 Å². The van der Waals surface area contributed by atoms with E-state index in [2.05, 4.69) is 11.3 Å². The Labute approximate surface area is 112 Å². The van der Waals surface area contributed by atoms with Crippen molar-refractivity contribution in [3.8, 4) is 0 Å². The third kappa shape index (κ3) is 6.18. The zero-order valence-electron chi connectivity index (χ0n) is 11.3. The van der Waals surface area contributed by atoms with Crippen LogP contribution in [-0.4, -0.2) is 24.5 Å². The van der Waals surface area contributed by atoms with Gasteiger partial charge in [-0.1, -0.05) is 19.4 Å². The van der Waals surface area contributed by atoms with Crippen LogP contribution >= 0.6 is 0 Å². The van der Waals surface area contributed by atoms with E-state index in [4.69, 9.17) is 4.74 Å². The molecule has 0 bridgehead atoms. The monoisotopic (exact) mass is 268 g/mol. The van der Waals surface area contributed by atoms with Crippen molar-refractivity contribution in [3.63, 3.8) is 0 Å². The number of carbonyl (C=O) groups excluding carboxylic acids is 3. The van der Waals surface area contributed by atoms with Crippen LogP contribution in [0.5, 0.6) is 0 Å². The lowest BCUT2D eigenvalue weighted by atomic mass is 10.0. The third-order valence-electron chi connectivity index (χ3n) is 3.05. The molecule has 0 atom stereocenters. The molecule has 1 rings (SSSR count). The molecule has 5 heteroatoms. The Morgan fingerprint density at radius 3 is 2.37 bits per heavy atom. The average Bonchev–Trinajstić information content (AvgIpc) is 2.81. The molecule has 0 heterocycles. The van der Waals surface area contributed by atoms with E-state index in [1.165, 1.54) is 6.92 Å². The molecule has 0 radical (unpaired) electrons. The van der Waals surface area contributed by atoms with E-state index in [9.17, 15) is 14.4 Å². The van der Waals surface area contributed by atoms with Crippen molar-refractivity contribution in [2.24, 2.45) is 5.92 Å². The molecule has 0 saturated heterocycles. The molecule has 5 nitrogen and oxygen atoms in total. The van der Waals surface area contributed by atoms with Gasteiger partial charge in [0.2, 0.25) is 0 Å². The van der Waals surface area contributed by atoms with Crippen LogP contribution in [0.4, 0.5) is 0 Å². The lowest BCUT2D eigenvalue weighted by Crippen LogP contribution is -2.17. The fourth-order valence-corrected chi connectivity index (χ4v) is 2.02. The summed E-state index contributed by atoms with van der Waals surface area (Å²) < 4.78 is 9.40. The van der Waals surface area contributed by atoms with Gasteiger partial charge >= 0.3 is 17.9 Å². The molecule has 19 heavy (non-hydrogen) atoms.